The van der Waals surface area contributed by atoms with E-state index in [9.17, 15) is 9.59 Å². The largest absolute Gasteiger partial charge is 0.479 e. The van der Waals surface area contributed by atoms with Crippen molar-refractivity contribution >= 4 is 17.5 Å². The second-order valence-corrected chi connectivity index (χ2v) is 5.83. The number of hydrogen-bond acceptors (Lipinski definition) is 5. The molecule has 0 radical (unpaired) electrons. The second kappa shape index (κ2) is 6.01. The Balaban J connectivity index is 1.45. The zero-order valence-corrected chi connectivity index (χ0v) is 13.5. The molecule has 0 saturated carbocycles. The minimum Gasteiger partial charge on any atom is -0.479 e. The summed E-state index contributed by atoms with van der Waals surface area (Å²) in [6.07, 6.45) is -0.543. The number of carbonyl (C=O) groups is 2. The number of carbonyl (C=O) groups excluding carboxylic acids is 2. The van der Waals surface area contributed by atoms with Crippen molar-refractivity contribution in [2.45, 2.75) is 19.6 Å². The third-order valence-corrected chi connectivity index (χ3v) is 4.06. The van der Waals surface area contributed by atoms with Gasteiger partial charge < -0.3 is 24.8 Å². The van der Waals surface area contributed by atoms with Gasteiger partial charge in [-0.15, -0.1) is 0 Å². The van der Waals surface area contributed by atoms with Gasteiger partial charge >= 0.3 is 0 Å². The summed E-state index contributed by atoms with van der Waals surface area (Å²) < 4.78 is 16.1. The van der Waals surface area contributed by atoms with E-state index in [1.807, 2.05) is 18.2 Å². The van der Waals surface area contributed by atoms with Gasteiger partial charge in [0.15, 0.2) is 17.6 Å². The van der Waals surface area contributed by atoms with Gasteiger partial charge in [0.05, 0.1) is 5.69 Å². The number of nitrogens with one attached hydrogen (secondary N) is 2. The first-order chi connectivity index (χ1) is 12.1. The van der Waals surface area contributed by atoms with Crippen LogP contribution >= 0.6 is 0 Å². The Morgan fingerprint density at radius 3 is 2.84 bits per heavy atom. The quantitative estimate of drug-likeness (QED) is 0.893. The molecule has 0 saturated heterocycles. The highest BCUT2D eigenvalue weighted by Crippen LogP contribution is 2.33. The first-order valence-corrected chi connectivity index (χ1v) is 7.88. The van der Waals surface area contributed by atoms with Gasteiger partial charge in [-0.1, -0.05) is 6.07 Å². The summed E-state index contributed by atoms with van der Waals surface area (Å²) in [4.78, 5) is 24.0. The van der Waals surface area contributed by atoms with Crippen molar-refractivity contribution < 1.29 is 23.8 Å². The van der Waals surface area contributed by atoms with E-state index in [0.717, 1.165) is 5.56 Å². The molecule has 1 atom stereocenters. The molecule has 2 aliphatic rings. The molecule has 2 aliphatic heterocycles. The van der Waals surface area contributed by atoms with Gasteiger partial charge in [-0.2, -0.15) is 0 Å². The molecule has 128 valence electrons. The standard InChI is InChI=1S/C18H16N2O5/c1-10-17(21)20-13-7-12(3-5-14(13)25-10)18(22)19-8-11-2-4-15-16(6-11)24-9-23-15/h2-7,10H,8-9H2,1H3,(H,19,22)(H,20,21). The molecule has 0 aliphatic carbocycles. The minimum absolute atomic E-state index is 0.215. The zero-order chi connectivity index (χ0) is 17.4. The monoisotopic (exact) mass is 340 g/mol. The number of rotatable bonds is 3. The van der Waals surface area contributed by atoms with Gasteiger partial charge in [0.2, 0.25) is 6.79 Å². The van der Waals surface area contributed by atoms with Gasteiger partial charge in [-0.25, -0.2) is 0 Å². The molecule has 7 heteroatoms. The van der Waals surface area contributed by atoms with Crippen LogP contribution in [0, 0.1) is 0 Å². The van der Waals surface area contributed by atoms with Crippen LogP contribution in [0.2, 0.25) is 0 Å². The molecule has 0 fully saturated rings. The lowest BCUT2D eigenvalue weighted by Gasteiger charge is -2.23. The Morgan fingerprint density at radius 1 is 1.16 bits per heavy atom. The smallest absolute Gasteiger partial charge is 0.265 e. The van der Waals surface area contributed by atoms with Gasteiger partial charge in [0, 0.05) is 12.1 Å². The highest BCUT2D eigenvalue weighted by molar-refractivity contribution is 6.00. The van der Waals surface area contributed by atoms with Crippen LogP contribution in [0.25, 0.3) is 0 Å². The number of hydrogen-bond donors (Lipinski definition) is 2. The lowest BCUT2D eigenvalue weighted by Crippen LogP contribution is -2.34. The number of fused-ring (bicyclic) bond motifs is 2. The first-order valence-electron chi connectivity index (χ1n) is 7.88. The van der Waals surface area contributed by atoms with Crippen LogP contribution in [0.3, 0.4) is 0 Å². The second-order valence-electron chi connectivity index (χ2n) is 5.83. The van der Waals surface area contributed by atoms with Crippen molar-refractivity contribution in [3.63, 3.8) is 0 Å². The van der Waals surface area contributed by atoms with Gasteiger partial charge in [-0.05, 0) is 42.8 Å². The number of benzene rings is 2. The van der Waals surface area contributed by atoms with E-state index in [1.54, 1.807) is 25.1 Å². The molecular formula is C18H16N2O5. The minimum atomic E-state index is -0.543. The van der Waals surface area contributed by atoms with Crippen molar-refractivity contribution in [3.8, 4) is 17.2 Å². The fraction of sp³-hybridized carbons (Fsp3) is 0.222. The first kappa shape index (κ1) is 15.3. The normalized spacial score (nSPS) is 17.3. The third-order valence-electron chi connectivity index (χ3n) is 4.06. The Morgan fingerprint density at radius 2 is 1.96 bits per heavy atom. The maximum absolute atomic E-state index is 12.4. The van der Waals surface area contributed by atoms with E-state index in [0.29, 0.717) is 35.0 Å². The fourth-order valence-corrected chi connectivity index (χ4v) is 2.69. The molecule has 25 heavy (non-hydrogen) atoms. The van der Waals surface area contributed by atoms with Crippen molar-refractivity contribution in [2.24, 2.45) is 0 Å². The SMILES string of the molecule is CC1Oc2ccc(C(=O)NCc3ccc4c(c3)OCO4)cc2NC1=O. The molecule has 2 N–H and O–H groups in total. The Kier molecular flexibility index (Phi) is 3.68. The molecule has 4 rings (SSSR count). The van der Waals surface area contributed by atoms with Crippen molar-refractivity contribution in [1.29, 1.82) is 0 Å². The molecule has 2 amide bonds. The predicted octanol–water partition coefficient (Wildman–Crippen LogP) is 2.06. The summed E-state index contributed by atoms with van der Waals surface area (Å²) >= 11 is 0. The molecule has 0 spiro atoms. The Labute approximate surface area is 143 Å². The molecular weight excluding hydrogens is 324 g/mol. The van der Waals surface area contributed by atoms with Crippen molar-refractivity contribution in [3.05, 3.63) is 47.5 Å². The Hall–Kier alpha value is -3.22. The van der Waals surface area contributed by atoms with E-state index >= 15 is 0 Å². The molecule has 2 heterocycles. The number of anilines is 1. The summed E-state index contributed by atoms with van der Waals surface area (Å²) in [5.74, 6) is 1.46. The molecule has 2 aromatic carbocycles. The van der Waals surface area contributed by atoms with E-state index in [4.69, 9.17) is 14.2 Å². The van der Waals surface area contributed by atoms with E-state index in [-0.39, 0.29) is 18.6 Å². The van der Waals surface area contributed by atoms with Crippen molar-refractivity contribution in [2.75, 3.05) is 12.1 Å². The van der Waals surface area contributed by atoms with Gasteiger partial charge in [0.25, 0.3) is 11.8 Å². The van der Waals surface area contributed by atoms with Gasteiger partial charge in [0.1, 0.15) is 5.75 Å². The lowest BCUT2D eigenvalue weighted by atomic mass is 10.1. The lowest BCUT2D eigenvalue weighted by molar-refractivity contribution is -0.122. The summed E-state index contributed by atoms with van der Waals surface area (Å²) in [5, 5.41) is 5.58. The molecule has 0 bridgehead atoms. The van der Waals surface area contributed by atoms with Gasteiger partial charge in [-0.3, -0.25) is 9.59 Å². The summed E-state index contributed by atoms with van der Waals surface area (Å²) in [6, 6.07) is 10.5. The summed E-state index contributed by atoms with van der Waals surface area (Å²) in [6.45, 7) is 2.24. The van der Waals surface area contributed by atoms with Crippen molar-refractivity contribution in [1.82, 2.24) is 5.32 Å². The van der Waals surface area contributed by atoms with Crippen LogP contribution in [0.15, 0.2) is 36.4 Å². The summed E-state index contributed by atoms with van der Waals surface area (Å²) in [7, 11) is 0. The predicted molar refractivity (Wildman–Crippen MR) is 88.9 cm³/mol. The van der Waals surface area contributed by atoms with E-state index in [1.165, 1.54) is 0 Å². The third kappa shape index (κ3) is 2.96. The Bertz CT molecular complexity index is 865. The molecule has 2 aromatic rings. The highest BCUT2D eigenvalue weighted by atomic mass is 16.7. The molecule has 7 nitrogen and oxygen atoms in total. The van der Waals surface area contributed by atoms with Crippen LogP contribution < -0.4 is 24.8 Å². The highest BCUT2D eigenvalue weighted by Gasteiger charge is 2.24. The maximum atomic E-state index is 12.4. The average Bonchev–Trinajstić information content (AvgIpc) is 3.08. The van der Waals surface area contributed by atoms with E-state index in [2.05, 4.69) is 10.6 Å². The van der Waals surface area contributed by atoms with E-state index < -0.39 is 6.10 Å². The summed E-state index contributed by atoms with van der Waals surface area (Å²) in [5.41, 5.74) is 1.85. The maximum Gasteiger partial charge on any atom is 0.265 e. The van der Waals surface area contributed by atoms with Crippen LogP contribution in [0.5, 0.6) is 17.2 Å². The van der Waals surface area contributed by atoms with Crippen LogP contribution in [0.4, 0.5) is 5.69 Å². The van der Waals surface area contributed by atoms with Crippen LogP contribution in [-0.2, 0) is 11.3 Å². The fourth-order valence-electron chi connectivity index (χ4n) is 2.69. The van der Waals surface area contributed by atoms with Crippen LogP contribution in [-0.4, -0.2) is 24.7 Å². The average molecular weight is 340 g/mol. The molecule has 0 aromatic heterocycles. The number of amides is 2. The topological polar surface area (TPSA) is 85.9 Å². The zero-order valence-electron chi connectivity index (χ0n) is 13.5. The molecule has 1 unspecified atom stereocenters. The number of ether oxygens (including phenoxy) is 3. The van der Waals surface area contributed by atoms with Crippen LogP contribution in [0.1, 0.15) is 22.8 Å².